The monoisotopic (exact) mass is 340 g/mol. The fraction of sp³-hybridized carbons (Fsp3) is 0.350. The molecule has 0 aliphatic heterocycles. The number of nitriles is 1. The van der Waals surface area contributed by atoms with E-state index in [-0.39, 0.29) is 12.4 Å². The topological polar surface area (TPSA) is 56.5 Å². The van der Waals surface area contributed by atoms with E-state index in [0.29, 0.717) is 30.4 Å². The molecule has 3 rings (SSSR count). The molecule has 4 nitrogen and oxygen atoms in total. The molecule has 0 bridgehead atoms. The van der Waals surface area contributed by atoms with Crippen LogP contribution in [-0.2, 0) is 6.54 Å². The standard InChI is InChI=1S/C20H21FN2O2/c21-17-5-1-16(2-6-17)12-23(18-7-8-18)13-19(24)14-25-20-9-3-15(11-22)4-10-20/h1-6,9-10,18-19,24H,7-8,12-14H2. The second kappa shape index (κ2) is 8.11. The smallest absolute Gasteiger partial charge is 0.123 e. The van der Waals surface area contributed by atoms with Crippen LogP contribution in [0.25, 0.3) is 0 Å². The highest BCUT2D eigenvalue weighted by atomic mass is 19.1. The normalized spacial score (nSPS) is 15.0. The molecular formula is C20H21FN2O2. The highest BCUT2D eigenvalue weighted by molar-refractivity contribution is 5.34. The van der Waals surface area contributed by atoms with Crippen LogP contribution < -0.4 is 4.74 Å². The van der Waals surface area contributed by atoms with E-state index in [2.05, 4.69) is 11.0 Å². The summed E-state index contributed by atoms with van der Waals surface area (Å²) in [7, 11) is 0. The molecule has 2 aromatic rings. The van der Waals surface area contributed by atoms with Crippen LogP contribution in [0.15, 0.2) is 48.5 Å². The van der Waals surface area contributed by atoms with E-state index >= 15 is 0 Å². The third-order valence-electron chi connectivity index (χ3n) is 4.23. The van der Waals surface area contributed by atoms with Gasteiger partial charge in [0, 0.05) is 19.1 Å². The van der Waals surface area contributed by atoms with Crippen molar-refractivity contribution in [1.29, 1.82) is 5.26 Å². The van der Waals surface area contributed by atoms with Crippen molar-refractivity contribution in [3.8, 4) is 11.8 Å². The van der Waals surface area contributed by atoms with Crippen molar-refractivity contribution < 1.29 is 14.2 Å². The molecule has 0 spiro atoms. The van der Waals surface area contributed by atoms with Gasteiger partial charge in [-0.3, -0.25) is 4.90 Å². The van der Waals surface area contributed by atoms with E-state index in [1.807, 2.05) is 0 Å². The lowest BCUT2D eigenvalue weighted by Gasteiger charge is -2.25. The first-order valence-corrected chi connectivity index (χ1v) is 8.43. The summed E-state index contributed by atoms with van der Waals surface area (Å²) in [6.07, 6.45) is 1.64. The molecule has 1 unspecified atom stereocenters. The van der Waals surface area contributed by atoms with E-state index in [1.54, 1.807) is 36.4 Å². The Kier molecular flexibility index (Phi) is 5.64. The number of rotatable bonds is 8. The summed E-state index contributed by atoms with van der Waals surface area (Å²) in [6.45, 7) is 1.40. The summed E-state index contributed by atoms with van der Waals surface area (Å²) in [5.41, 5.74) is 1.61. The lowest BCUT2D eigenvalue weighted by atomic mass is 10.2. The van der Waals surface area contributed by atoms with Crippen LogP contribution >= 0.6 is 0 Å². The van der Waals surface area contributed by atoms with Crippen LogP contribution in [0.4, 0.5) is 4.39 Å². The van der Waals surface area contributed by atoms with Crippen LogP contribution in [0, 0.1) is 17.1 Å². The molecule has 25 heavy (non-hydrogen) atoms. The SMILES string of the molecule is N#Cc1ccc(OCC(O)CN(Cc2ccc(F)cc2)C2CC2)cc1. The van der Waals surface area contributed by atoms with Crippen LogP contribution in [-0.4, -0.2) is 35.3 Å². The first-order valence-electron chi connectivity index (χ1n) is 8.43. The molecule has 0 aromatic heterocycles. The average molecular weight is 340 g/mol. The van der Waals surface area contributed by atoms with Crippen LogP contribution in [0.1, 0.15) is 24.0 Å². The third-order valence-corrected chi connectivity index (χ3v) is 4.23. The number of benzene rings is 2. The summed E-state index contributed by atoms with van der Waals surface area (Å²) in [5, 5.41) is 19.1. The van der Waals surface area contributed by atoms with Gasteiger partial charge in [-0.2, -0.15) is 5.26 Å². The molecule has 130 valence electrons. The minimum atomic E-state index is -0.614. The Labute approximate surface area is 147 Å². The van der Waals surface area contributed by atoms with Gasteiger partial charge in [-0.15, -0.1) is 0 Å². The summed E-state index contributed by atoms with van der Waals surface area (Å²) < 4.78 is 18.6. The Morgan fingerprint density at radius 2 is 1.84 bits per heavy atom. The lowest BCUT2D eigenvalue weighted by Crippen LogP contribution is -2.36. The summed E-state index contributed by atoms with van der Waals surface area (Å²) in [6, 6.07) is 15.9. The molecule has 1 fully saturated rings. The largest absolute Gasteiger partial charge is 0.491 e. The third kappa shape index (κ3) is 5.28. The highest BCUT2D eigenvalue weighted by Gasteiger charge is 2.30. The fourth-order valence-corrected chi connectivity index (χ4v) is 2.75. The van der Waals surface area contributed by atoms with Gasteiger partial charge in [-0.1, -0.05) is 12.1 Å². The van der Waals surface area contributed by atoms with Crippen molar-refractivity contribution in [3.63, 3.8) is 0 Å². The highest BCUT2D eigenvalue weighted by Crippen LogP contribution is 2.28. The van der Waals surface area contributed by atoms with E-state index in [0.717, 1.165) is 18.4 Å². The summed E-state index contributed by atoms with van der Waals surface area (Å²) >= 11 is 0. The Morgan fingerprint density at radius 1 is 1.16 bits per heavy atom. The van der Waals surface area contributed by atoms with Crippen molar-refractivity contribution in [2.45, 2.75) is 31.5 Å². The van der Waals surface area contributed by atoms with Crippen molar-refractivity contribution in [2.75, 3.05) is 13.2 Å². The van der Waals surface area contributed by atoms with Crippen LogP contribution in [0.5, 0.6) is 5.75 Å². The van der Waals surface area contributed by atoms with Crippen molar-refractivity contribution >= 4 is 0 Å². The summed E-state index contributed by atoms with van der Waals surface area (Å²) in [4.78, 5) is 2.22. The molecule has 1 N–H and O–H groups in total. The average Bonchev–Trinajstić information content (AvgIpc) is 3.47. The molecule has 1 saturated carbocycles. The predicted molar refractivity (Wildman–Crippen MR) is 92.5 cm³/mol. The van der Waals surface area contributed by atoms with E-state index < -0.39 is 6.10 Å². The number of hydrogen-bond donors (Lipinski definition) is 1. The van der Waals surface area contributed by atoms with Gasteiger partial charge >= 0.3 is 0 Å². The van der Waals surface area contributed by atoms with E-state index in [4.69, 9.17) is 10.00 Å². The maximum Gasteiger partial charge on any atom is 0.123 e. The molecule has 2 aromatic carbocycles. The molecule has 1 aliphatic carbocycles. The molecule has 1 atom stereocenters. The zero-order chi connectivity index (χ0) is 17.6. The number of aliphatic hydroxyl groups is 1. The molecule has 0 amide bonds. The van der Waals surface area contributed by atoms with E-state index in [1.165, 1.54) is 12.1 Å². The molecule has 0 saturated heterocycles. The Morgan fingerprint density at radius 3 is 2.44 bits per heavy atom. The van der Waals surface area contributed by atoms with Gasteiger partial charge in [-0.05, 0) is 54.8 Å². The number of hydrogen-bond acceptors (Lipinski definition) is 4. The maximum absolute atomic E-state index is 13.0. The molecule has 5 heteroatoms. The van der Waals surface area contributed by atoms with Crippen molar-refractivity contribution in [3.05, 3.63) is 65.5 Å². The molecule has 1 aliphatic rings. The van der Waals surface area contributed by atoms with Crippen LogP contribution in [0.2, 0.25) is 0 Å². The van der Waals surface area contributed by atoms with Gasteiger partial charge in [0.15, 0.2) is 0 Å². The fourth-order valence-electron chi connectivity index (χ4n) is 2.75. The second-order valence-electron chi connectivity index (χ2n) is 6.39. The van der Waals surface area contributed by atoms with Gasteiger partial charge in [-0.25, -0.2) is 4.39 Å². The lowest BCUT2D eigenvalue weighted by molar-refractivity contribution is 0.0626. The zero-order valence-electron chi connectivity index (χ0n) is 13.9. The van der Waals surface area contributed by atoms with E-state index in [9.17, 15) is 9.50 Å². The number of nitrogens with zero attached hydrogens (tertiary/aromatic N) is 2. The van der Waals surface area contributed by atoms with Gasteiger partial charge in [0.25, 0.3) is 0 Å². The number of halogens is 1. The van der Waals surface area contributed by atoms with Gasteiger partial charge < -0.3 is 9.84 Å². The molecule has 0 radical (unpaired) electrons. The Balaban J connectivity index is 1.51. The molecular weight excluding hydrogens is 319 g/mol. The Hall–Kier alpha value is -2.42. The predicted octanol–water partition coefficient (Wildman–Crippen LogP) is 3.10. The minimum absolute atomic E-state index is 0.193. The molecule has 0 heterocycles. The van der Waals surface area contributed by atoms with Crippen molar-refractivity contribution in [2.24, 2.45) is 0 Å². The van der Waals surface area contributed by atoms with Gasteiger partial charge in [0.2, 0.25) is 0 Å². The minimum Gasteiger partial charge on any atom is -0.491 e. The maximum atomic E-state index is 13.0. The zero-order valence-corrected chi connectivity index (χ0v) is 13.9. The Bertz CT molecular complexity index is 721. The van der Waals surface area contributed by atoms with Gasteiger partial charge in [0.05, 0.1) is 11.6 Å². The number of aliphatic hydroxyl groups excluding tert-OH is 1. The first kappa shape index (κ1) is 17.4. The summed E-state index contributed by atoms with van der Waals surface area (Å²) in [5.74, 6) is 0.395. The number of ether oxygens (including phenoxy) is 1. The quantitative estimate of drug-likeness (QED) is 0.802. The van der Waals surface area contributed by atoms with Gasteiger partial charge in [0.1, 0.15) is 24.3 Å². The first-order chi connectivity index (χ1) is 12.1. The van der Waals surface area contributed by atoms with Crippen LogP contribution in [0.3, 0.4) is 0 Å². The second-order valence-corrected chi connectivity index (χ2v) is 6.39. The van der Waals surface area contributed by atoms with Crippen molar-refractivity contribution in [1.82, 2.24) is 4.90 Å².